The maximum atomic E-state index is 14.9. The van der Waals surface area contributed by atoms with Gasteiger partial charge in [0, 0.05) is 28.9 Å². The van der Waals surface area contributed by atoms with Gasteiger partial charge < -0.3 is 9.64 Å². The summed E-state index contributed by atoms with van der Waals surface area (Å²) in [6.45, 7) is 7.05. The van der Waals surface area contributed by atoms with Crippen molar-refractivity contribution in [3.05, 3.63) is 65.5 Å². The zero-order valence-corrected chi connectivity index (χ0v) is 21.0. The number of aryl methyl sites for hydroxylation is 2. The lowest BCUT2D eigenvalue weighted by Gasteiger charge is -2.30. The molecule has 0 bridgehead atoms. The van der Waals surface area contributed by atoms with Gasteiger partial charge in [-0.15, -0.1) is 0 Å². The standard InChI is InChI=1S/C28H30F2N6O/c1-2-35-10-7-18(8-11-35)17-37-21-6-5-20(31-15-21)14-26-32-16-24(30)27(33-26)19-12-22-25-4-3-9-36(25)34-28(22)23(29)13-19/h5-6,12-13,15-16,18H,2-4,7-11,14,17H2,1H3. The fraction of sp³-hybridized carbons (Fsp3) is 0.429. The molecule has 192 valence electrons. The number of halogens is 2. The number of hydrogen-bond acceptors (Lipinski definition) is 6. The van der Waals surface area contributed by atoms with Crippen LogP contribution in [0.4, 0.5) is 8.78 Å². The van der Waals surface area contributed by atoms with E-state index in [1.54, 1.807) is 12.3 Å². The van der Waals surface area contributed by atoms with Crippen LogP contribution < -0.4 is 4.74 Å². The molecule has 1 saturated heterocycles. The van der Waals surface area contributed by atoms with Crippen LogP contribution in [0.15, 0.2) is 36.7 Å². The number of fused-ring (bicyclic) bond motifs is 3. The fourth-order valence-electron chi connectivity index (χ4n) is 5.36. The lowest BCUT2D eigenvalue weighted by molar-refractivity contribution is 0.145. The zero-order chi connectivity index (χ0) is 25.4. The van der Waals surface area contributed by atoms with Gasteiger partial charge in [-0.3, -0.25) is 9.67 Å². The van der Waals surface area contributed by atoms with Crippen molar-refractivity contribution < 1.29 is 13.5 Å². The summed E-state index contributed by atoms with van der Waals surface area (Å²) < 4.78 is 37.4. The molecule has 0 unspecified atom stereocenters. The number of piperidine rings is 1. The molecular weight excluding hydrogens is 474 g/mol. The topological polar surface area (TPSA) is 69.0 Å². The summed E-state index contributed by atoms with van der Waals surface area (Å²) in [5.74, 6) is 0.664. The monoisotopic (exact) mass is 504 g/mol. The molecule has 1 fully saturated rings. The molecule has 2 aliphatic rings. The quantitative estimate of drug-likeness (QED) is 0.360. The normalized spacial score (nSPS) is 16.4. The molecule has 0 saturated carbocycles. The van der Waals surface area contributed by atoms with Gasteiger partial charge in [0.05, 0.1) is 25.4 Å². The highest BCUT2D eigenvalue weighted by molar-refractivity contribution is 5.87. The van der Waals surface area contributed by atoms with Gasteiger partial charge in [-0.05, 0) is 75.5 Å². The van der Waals surface area contributed by atoms with E-state index in [4.69, 9.17) is 4.74 Å². The van der Waals surface area contributed by atoms with E-state index >= 15 is 0 Å². The molecule has 4 aromatic rings. The second-order valence-corrected chi connectivity index (χ2v) is 9.96. The minimum absolute atomic E-state index is 0.0813. The Labute approximate surface area is 214 Å². The average molecular weight is 505 g/mol. The third kappa shape index (κ3) is 4.92. The van der Waals surface area contributed by atoms with Crippen LogP contribution in [-0.4, -0.2) is 55.9 Å². The van der Waals surface area contributed by atoms with E-state index in [0.29, 0.717) is 35.9 Å². The number of rotatable bonds is 7. The molecule has 6 rings (SSSR count). The first-order valence-electron chi connectivity index (χ1n) is 13.1. The van der Waals surface area contributed by atoms with Crippen LogP contribution in [0.1, 0.15) is 43.4 Å². The SMILES string of the molecule is CCN1CCC(COc2ccc(Cc3ncc(F)c(-c4cc(F)c5nn6c(c5c4)CCC6)n3)nc2)CC1. The van der Waals surface area contributed by atoms with Crippen LogP contribution in [0, 0.1) is 17.6 Å². The number of pyridine rings is 1. The Morgan fingerprint density at radius 1 is 1.03 bits per heavy atom. The van der Waals surface area contributed by atoms with Crippen molar-refractivity contribution in [3.8, 4) is 17.0 Å². The Hall–Kier alpha value is -3.46. The molecule has 2 aliphatic heterocycles. The van der Waals surface area contributed by atoms with Crippen LogP contribution in [-0.2, 0) is 19.4 Å². The van der Waals surface area contributed by atoms with Gasteiger partial charge in [0.25, 0.3) is 0 Å². The highest BCUT2D eigenvalue weighted by Gasteiger charge is 2.22. The molecule has 7 nitrogen and oxygen atoms in total. The third-order valence-electron chi connectivity index (χ3n) is 7.53. The summed E-state index contributed by atoms with van der Waals surface area (Å²) in [4.78, 5) is 15.6. The number of nitrogens with zero attached hydrogens (tertiary/aromatic N) is 6. The molecule has 0 aliphatic carbocycles. The first kappa shape index (κ1) is 23.9. The number of benzene rings is 1. The molecule has 1 aromatic carbocycles. The van der Waals surface area contributed by atoms with Crippen LogP contribution in [0.3, 0.4) is 0 Å². The molecule has 37 heavy (non-hydrogen) atoms. The van der Waals surface area contributed by atoms with Crippen LogP contribution in [0.2, 0.25) is 0 Å². The number of likely N-dealkylation sites (tertiary alicyclic amines) is 1. The largest absolute Gasteiger partial charge is 0.492 e. The highest BCUT2D eigenvalue weighted by atomic mass is 19.1. The van der Waals surface area contributed by atoms with E-state index < -0.39 is 11.6 Å². The van der Waals surface area contributed by atoms with Crippen molar-refractivity contribution in [1.82, 2.24) is 29.6 Å². The smallest absolute Gasteiger partial charge is 0.167 e. The van der Waals surface area contributed by atoms with E-state index in [2.05, 4.69) is 31.9 Å². The molecule has 9 heteroatoms. The second kappa shape index (κ2) is 10.1. The third-order valence-corrected chi connectivity index (χ3v) is 7.53. The van der Waals surface area contributed by atoms with Crippen molar-refractivity contribution in [2.24, 2.45) is 5.92 Å². The van der Waals surface area contributed by atoms with Gasteiger partial charge in [0.15, 0.2) is 11.6 Å². The highest BCUT2D eigenvalue weighted by Crippen LogP contribution is 2.32. The van der Waals surface area contributed by atoms with Crippen molar-refractivity contribution in [3.63, 3.8) is 0 Å². The van der Waals surface area contributed by atoms with Crippen LogP contribution >= 0.6 is 0 Å². The molecular formula is C28H30F2N6O. The lowest BCUT2D eigenvalue weighted by atomic mass is 9.98. The first-order valence-corrected chi connectivity index (χ1v) is 13.1. The Balaban J connectivity index is 1.15. The summed E-state index contributed by atoms with van der Waals surface area (Å²) >= 11 is 0. The fourth-order valence-corrected chi connectivity index (χ4v) is 5.36. The van der Waals surface area contributed by atoms with E-state index in [1.165, 1.54) is 6.07 Å². The Bertz CT molecular complexity index is 1410. The van der Waals surface area contributed by atoms with Gasteiger partial charge in [0.2, 0.25) is 0 Å². The first-order chi connectivity index (χ1) is 18.1. The van der Waals surface area contributed by atoms with Crippen LogP contribution in [0.5, 0.6) is 5.75 Å². The van der Waals surface area contributed by atoms with Gasteiger partial charge in [0.1, 0.15) is 22.8 Å². The number of hydrogen-bond donors (Lipinski definition) is 0. The van der Waals surface area contributed by atoms with E-state index in [9.17, 15) is 8.78 Å². The van der Waals surface area contributed by atoms with Gasteiger partial charge in [-0.1, -0.05) is 6.92 Å². The maximum Gasteiger partial charge on any atom is 0.167 e. The predicted molar refractivity (Wildman–Crippen MR) is 136 cm³/mol. The Kier molecular flexibility index (Phi) is 6.54. The van der Waals surface area contributed by atoms with Crippen molar-refractivity contribution >= 4 is 10.9 Å². The molecule has 3 aromatic heterocycles. The van der Waals surface area contributed by atoms with Crippen molar-refractivity contribution in [2.45, 2.75) is 45.6 Å². The molecule has 0 spiro atoms. The zero-order valence-electron chi connectivity index (χ0n) is 21.0. The maximum absolute atomic E-state index is 14.9. The van der Waals surface area contributed by atoms with Crippen molar-refractivity contribution in [1.29, 1.82) is 0 Å². The van der Waals surface area contributed by atoms with Gasteiger partial charge >= 0.3 is 0 Å². The summed E-state index contributed by atoms with van der Waals surface area (Å²) in [5.41, 5.74) is 2.53. The summed E-state index contributed by atoms with van der Waals surface area (Å²) in [6.07, 6.45) is 7.31. The predicted octanol–water partition coefficient (Wildman–Crippen LogP) is 4.81. The van der Waals surface area contributed by atoms with E-state index in [1.807, 2.05) is 16.8 Å². The van der Waals surface area contributed by atoms with Gasteiger partial charge in [-0.25, -0.2) is 18.7 Å². The molecule has 0 atom stereocenters. The van der Waals surface area contributed by atoms with E-state index in [-0.39, 0.29) is 5.69 Å². The van der Waals surface area contributed by atoms with Gasteiger partial charge in [-0.2, -0.15) is 5.10 Å². The van der Waals surface area contributed by atoms with E-state index in [0.717, 1.165) is 80.6 Å². The molecule has 5 heterocycles. The average Bonchev–Trinajstić information content (AvgIpc) is 3.52. The molecule has 0 radical (unpaired) electrons. The minimum atomic E-state index is -0.590. The molecule has 0 amide bonds. The lowest BCUT2D eigenvalue weighted by Crippen LogP contribution is -2.35. The summed E-state index contributed by atoms with van der Waals surface area (Å²) in [6, 6.07) is 6.87. The van der Waals surface area contributed by atoms with Crippen molar-refractivity contribution in [2.75, 3.05) is 26.2 Å². The summed E-state index contributed by atoms with van der Waals surface area (Å²) in [7, 11) is 0. The molecule has 0 N–H and O–H groups in total. The number of ether oxygens (including phenoxy) is 1. The van der Waals surface area contributed by atoms with Crippen LogP contribution in [0.25, 0.3) is 22.2 Å². The Morgan fingerprint density at radius 3 is 2.68 bits per heavy atom. The summed E-state index contributed by atoms with van der Waals surface area (Å²) in [5, 5.41) is 5.09. The second-order valence-electron chi connectivity index (χ2n) is 9.96. The minimum Gasteiger partial charge on any atom is -0.492 e. The Morgan fingerprint density at radius 2 is 1.89 bits per heavy atom. The number of aromatic nitrogens is 5.